The van der Waals surface area contributed by atoms with Crippen LogP contribution in [-0.4, -0.2) is 84.9 Å². The number of nitrogens with zero attached hydrogens (tertiary/aromatic N) is 5. The summed E-state index contributed by atoms with van der Waals surface area (Å²) in [5.74, 6) is 1.11. The van der Waals surface area contributed by atoms with Crippen LogP contribution in [0.15, 0.2) is 60.9 Å². The van der Waals surface area contributed by atoms with Crippen LogP contribution in [0.1, 0.15) is 17.3 Å². The molecule has 2 fully saturated rings. The summed E-state index contributed by atoms with van der Waals surface area (Å²) < 4.78 is 7.78. The molecule has 0 aliphatic carbocycles. The average Bonchev–Trinajstić information content (AvgIpc) is 3.39. The standard InChI is InChI=1S/C26H32N6O/c1-2-7-23-22(6-1)28-25(24-8-4-10-32(23)24)21-5-3-9-27-26(21)31-15-13-29(14-16-31)11-12-30-17-19-33-20-18-30/h1-10,25,28H,11-20H2. The third-order valence-corrected chi connectivity index (χ3v) is 7.18. The maximum atomic E-state index is 5.48. The number of pyridine rings is 1. The number of benzene rings is 1. The van der Waals surface area contributed by atoms with Gasteiger partial charge in [-0.2, -0.15) is 0 Å². The first-order valence-electron chi connectivity index (χ1n) is 12.1. The van der Waals surface area contributed by atoms with Gasteiger partial charge in [-0.15, -0.1) is 0 Å². The quantitative estimate of drug-likeness (QED) is 0.653. The Labute approximate surface area is 195 Å². The van der Waals surface area contributed by atoms with E-state index in [0.29, 0.717) is 0 Å². The van der Waals surface area contributed by atoms with E-state index in [-0.39, 0.29) is 6.04 Å². The van der Waals surface area contributed by atoms with Crippen molar-refractivity contribution < 1.29 is 4.74 Å². The smallest absolute Gasteiger partial charge is 0.134 e. The molecule has 0 saturated carbocycles. The van der Waals surface area contributed by atoms with Crippen LogP contribution >= 0.6 is 0 Å². The van der Waals surface area contributed by atoms with Gasteiger partial charge in [-0.25, -0.2) is 4.98 Å². The lowest BCUT2D eigenvalue weighted by Crippen LogP contribution is -2.50. The predicted octanol–water partition coefficient (Wildman–Crippen LogP) is 2.84. The number of fused-ring (bicyclic) bond motifs is 3. The zero-order valence-corrected chi connectivity index (χ0v) is 19.1. The molecule has 5 heterocycles. The van der Waals surface area contributed by atoms with Gasteiger partial charge >= 0.3 is 0 Å². The number of hydrogen-bond acceptors (Lipinski definition) is 6. The van der Waals surface area contributed by atoms with Crippen molar-refractivity contribution in [1.82, 2.24) is 19.4 Å². The molecule has 1 N–H and O–H groups in total. The maximum absolute atomic E-state index is 5.48. The summed E-state index contributed by atoms with van der Waals surface area (Å²) in [4.78, 5) is 12.5. The molecule has 6 rings (SSSR count). The number of ether oxygens (including phenoxy) is 1. The van der Waals surface area contributed by atoms with Gasteiger partial charge in [0.05, 0.1) is 30.6 Å². The molecule has 0 bridgehead atoms. The third kappa shape index (κ3) is 4.12. The molecule has 0 radical (unpaired) electrons. The molecule has 0 amide bonds. The molecule has 33 heavy (non-hydrogen) atoms. The number of hydrogen-bond donors (Lipinski definition) is 1. The number of anilines is 2. The van der Waals surface area contributed by atoms with Gasteiger partial charge in [-0.1, -0.05) is 18.2 Å². The summed E-state index contributed by atoms with van der Waals surface area (Å²) in [7, 11) is 0. The Balaban J connectivity index is 1.17. The lowest BCUT2D eigenvalue weighted by molar-refractivity contribution is 0.0331. The highest BCUT2D eigenvalue weighted by Crippen LogP contribution is 2.39. The van der Waals surface area contributed by atoms with Crippen LogP contribution in [0.4, 0.5) is 11.5 Å². The highest BCUT2D eigenvalue weighted by Gasteiger charge is 2.29. The van der Waals surface area contributed by atoms with Crippen LogP contribution in [0.25, 0.3) is 5.69 Å². The lowest BCUT2D eigenvalue weighted by Gasteiger charge is -2.38. The zero-order valence-electron chi connectivity index (χ0n) is 19.1. The van der Waals surface area contributed by atoms with E-state index in [0.717, 1.165) is 77.1 Å². The number of aromatic nitrogens is 2. The minimum atomic E-state index is 0.0814. The third-order valence-electron chi connectivity index (χ3n) is 7.18. The Morgan fingerprint density at radius 3 is 2.48 bits per heavy atom. The van der Waals surface area contributed by atoms with Crippen LogP contribution in [0, 0.1) is 0 Å². The molecule has 3 aliphatic rings. The second kappa shape index (κ2) is 9.17. The molecule has 7 nitrogen and oxygen atoms in total. The van der Waals surface area contributed by atoms with Gasteiger partial charge in [0, 0.05) is 76.0 Å². The Hall–Kier alpha value is -2.87. The second-order valence-corrected chi connectivity index (χ2v) is 9.10. The van der Waals surface area contributed by atoms with Crippen LogP contribution in [0.2, 0.25) is 0 Å². The Morgan fingerprint density at radius 1 is 0.848 bits per heavy atom. The normalized spacial score (nSPS) is 21.3. The number of rotatable bonds is 5. The topological polar surface area (TPSA) is 48.8 Å². The Morgan fingerprint density at radius 2 is 1.64 bits per heavy atom. The SMILES string of the molecule is c1ccc2c(c1)NC(c1cccnc1N1CCN(CCN3CCOCC3)CC1)c1cccn1-2. The largest absolute Gasteiger partial charge is 0.379 e. The Bertz CT molecular complexity index is 1080. The molecule has 0 spiro atoms. The zero-order chi connectivity index (χ0) is 22.0. The summed E-state index contributed by atoms with van der Waals surface area (Å²) in [6.07, 6.45) is 4.09. The second-order valence-electron chi connectivity index (χ2n) is 9.10. The van der Waals surface area contributed by atoms with Crippen molar-refractivity contribution in [3.05, 3.63) is 72.2 Å². The molecule has 1 atom stereocenters. The van der Waals surface area contributed by atoms with E-state index in [9.17, 15) is 0 Å². The summed E-state index contributed by atoms with van der Waals surface area (Å²) in [6, 6.07) is 17.2. The summed E-state index contributed by atoms with van der Waals surface area (Å²) >= 11 is 0. The number of piperazine rings is 1. The lowest BCUT2D eigenvalue weighted by atomic mass is 10.0. The van der Waals surface area contributed by atoms with E-state index >= 15 is 0 Å². The van der Waals surface area contributed by atoms with E-state index in [2.05, 4.69) is 79.3 Å². The monoisotopic (exact) mass is 444 g/mol. The van der Waals surface area contributed by atoms with Crippen LogP contribution in [0.5, 0.6) is 0 Å². The van der Waals surface area contributed by atoms with Crippen LogP contribution < -0.4 is 10.2 Å². The van der Waals surface area contributed by atoms with Crippen molar-refractivity contribution in [3.8, 4) is 5.69 Å². The van der Waals surface area contributed by atoms with E-state index in [1.165, 1.54) is 16.9 Å². The molecule has 7 heteroatoms. The van der Waals surface area contributed by atoms with Gasteiger partial charge in [0.1, 0.15) is 5.82 Å². The number of morpholine rings is 1. The molecule has 172 valence electrons. The minimum Gasteiger partial charge on any atom is -0.379 e. The first kappa shape index (κ1) is 20.7. The molecule has 2 aromatic heterocycles. The molecular weight excluding hydrogens is 412 g/mol. The van der Waals surface area contributed by atoms with Crippen molar-refractivity contribution in [1.29, 1.82) is 0 Å². The first-order chi connectivity index (χ1) is 16.4. The van der Waals surface area contributed by atoms with E-state index in [1.807, 2.05) is 6.20 Å². The summed E-state index contributed by atoms with van der Waals surface area (Å²) in [5.41, 5.74) is 4.86. The average molecular weight is 445 g/mol. The van der Waals surface area contributed by atoms with Gasteiger partial charge in [-0.3, -0.25) is 9.80 Å². The van der Waals surface area contributed by atoms with Crippen LogP contribution in [-0.2, 0) is 4.74 Å². The fourth-order valence-corrected chi connectivity index (χ4v) is 5.31. The van der Waals surface area contributed by atoms with Gasteiger partial charge in [-0.05, 0) is 30.3 Å². The number of para-hydroxylation sites is 2. The number of nitrogens with one attached hydrogen (secondary N) is 1. The van der Waals surface area contributed by atoms with Gasteiger partial charge in [0.2, 0.25) is 0 Å². The van der Waals surface area contributed by atoms with Crippen molar-refractivity contribution >= 4 is 11.5 Å². The van der Waals surface area contributed by atoms with Gasteiger partial charge in [0.15, 0.2) is 0 Å². The summed E-state index contributed by atoms with van der Waals surface area (Å²) in [5, 5.41) is 3.79. The molecule has 1 unspecified atom stereocenters. The predicted molar refractivity (Wildman–Crippen MR) is 131 cm³/mol. The van der Waals surface area contributed by atoms with Gasteiger partial charge in [0.25, 0.3) is 0 Å². The summed E-state index contributed by atoms with van der Waals surface area (Å²) in [6.45, 7) is 10.3. The van der Waals surface area contributed by atoms with E-state index in [1.54, 1.807) is 0 Å². The highest BCUT2D eigenvalue weighted by molar-refractivity contribution is 5.68. The fourth-order valence-electron chi connectivity index (χ4n) is 5.31. The molecular formula is C26H32N6O. The highest BCUT2D eigenvalue weighted by atomic mass is 16.5. The maximum Gasteiger partial charge on any atom is 0.134 e. The van der Waals surface area contributed by atoms with Crippen molar-refractivity contribution in [2.24, 2.45) is 0 Å². The van der Waals surface area contributed by atoms with Crippen molar-refractivity contribution in [3.63, 3.8) is 0 Å². The van der Waals surface area contributed by atoms with E-state index in [4.69, 9.17) is 9.72 Å². The van der Waals surface area contributed by atoms with Crippen LogP contribution in [0.3, 0.4) is 0 Å². The molecule has 3 aliphatic heterocycles. The molecule has 3 aromatic rings. The van der Waals surface area contributed by atoms with E-state index < -0.39 is 0 Å². The minimum absolute atomic E-state index is 0.0814. The van der Waals surface area contributed by atoms with Crippen molar-refractivity contribution in [2.75, 3.05) is 75.8 Å². The van der Waals surface area contributed by atoms with Crippen molar-refractivity contribution in [2.45, 2.75) is 6.04 Å². The van der Waals surface area contributed by atoms with Gasteiger partial charge < -0.3 is 19.5 Å². The first-order valence-corrected chi connectivity index (χ1v) is 12.1. The molecule has 1 aromatic carbocycles. The Kier molecular flexibility index (Phi) is 5.76. The molecule has 2 saturated heterocycles. The fraction of sp³-hybridized carbons (Fsp3) is 0.423.